The van der Waals surface area contributed by atoms with E-state index < -0.39 is 20.8 Å². The zero-order chi connectivity index (χ0) is 44.7. The maximum Gasteiger partial charge on any atom is 0.121 e. The summed E-state index contributed by atoms with van der Waals surface area (Å²) < 4.78 is 38.9. The van der Waals surface area contributed by atoms with E-state index in [1.54, 1.807) is 6.07 Å². The molecular formula is C55H56IrN2OSi-2. The molecule has 1 radical (unpaired) electrons. The third-order valence-electron chi connectivity index (χ3n) is 12.2. The number of furan rings is 1. The second-order valence-electron chi connectivity index (χ2n) is 17.8. The standard InChI is InChI=1S/C31H28NO.C24H28NSi.Ir/c1-31(2,23-11-6-7-12-23)24-17-18-32-28(20-24)27-14-8-13-26-25-16-15-22(19-29(25)33-30(26)27)21-9-4-3-5-10-21;1-17(2)21-15-23(25-16-24(21)26(4,5)6)20-13-12-18(3)22(14-20)19-10-8-7-9-11-19;/h3-5,8-10,13,15-20,23H,6-7,11-12H2,1-2H3;7-12,14-17H,1-6H3;/q2*-1;/i;3D3,17D;. The molecule has 0 saturated heterocycles. The number of aryl methyl sites for hydroxylation is 1. The number of benzene rings is 5. The van der Waals surface area contributed by atoms with Crippen LogP contribution in [-0.2, 0) is 25.5 Å². The van der Waals surface area contributed by atoms with Crippen molar-refractivity contribution in [1.82, 2.24) is 9.97 Å². The van der Waals surface area contributed by atoms with Crippen LogP contribution in [0.15, 0.2) is 138 Å². The third-order valence-corrected chi connectivity index (χ3v) is 14.3. The monoisotopic (exact) mass is 985 g/mol. The molecular weight excluding hydrogens is 925 g/mol. The first-order chi connectivity index (χ1) is 29.9. The van der Waals surface area contributed by atoms with Crippen molar-refractivity contribution >= 4 is 35.2 Å². The van der Waals surface area contributed by atoms with Gasteiger partial charge in [-0.25, -0.2) is 0 Å². The molecule has 0 unspecified atom stereocenters. The molecule has 3 heterocycles. The van der Waals surface area contributed by atoms with Crippen molar-refractivity contribution in [3.63, 3.8) is 0 Å². The minimum absolute atomic E-state index is 0. The second-order valence-corrected chi connectivity index (χ2v) is 22.9. The molecule has 1 aliphatic rings. The summed E-state index contributed by atoms with van der Waals surface area (Å²) in [6.45, 7) is 13.1. The van der Waals surface area contributed by atoms with Gasteiger partial charge in [0, 0.05) is 43.4 Å². The Balaban J connectivity index is 0.000000190. The first-order valence-corrected chi connectivity index (χ1v) is 24.4. The molecule has 0 amide bonds. The van der Waals surface area contributed by atoms with Crippen molar-refractivity contribution in [2.24, 2.45) is 5.92 Å². The second kappa shape index (κ2) is 18.0. The average Bonchev–Trinajstić information content (AvgIpc) is 3.96. The Hall–Kier alpha value is -4.93. The fourth-order valence-corrected chi connectivity index (χ4v) is 10.3. The van der Waals surface area contributed by atoms with E-state index in [4.69, 9.17) is 19.9 Å². The predicted molar refractivity (Wildman–Crippen MR) is 252 cm³/mol. The van der Waals surface area contributed by atoms with Crippen molar-refractivity contribution in [2.75, 3.05) is 0 Å². The van der Waals surface area contributed by atoms with Crippen LogP contribution in [0.1, 0.15) is 81.4 Å². The van der Waals surface area contributed by atoms with Crippen LogP contribution in [0.3, 0.4) is 0 Å². The van der Waals surface area contributed by atoms with E-state index in [1.807, 2.05) is 80.8 Å². The Bertz CT molecular complexity index is 2890. The number of hydrogen-bond acceptors (Lipinski definition) is 3. The zero-order valence-electron chi connectivity index (χ0n) is 39.7. The van der Waals surface area contributed by atoms with Gasteiger partial charge in [-0.15, -0.1) is 47.5 Å². The topological polar surface area (TPSA) is 38.9 Å². The van der Waals surface area contributed by atoms with Gasteiger partial charge in [0.2, 0.25) is 0 Å². The van der Waals surface area contributed by atoms with Gasteiger partial charge in [-0.1, -0.05) is 174 Å². The smallest absolute Gasteiger partial charge is 0.121 e. The van der Waals surface area contributed by atoms with Gasteiger partial charge in [0.25, 0.3) is 0 Å². The molecule has 3 aromatic heterocycles. The van der Waals surface area contributed by atoms with Crippen LogP contribution < -0.4 is 5.19 Å². The first kappa shape index (κ1) is 38.0. The van der Waals surface area contributed by atoms with Crippen LogP contribution in [0.5, 0.6) is 0 Å². The van der Waals surface area contributed by atoms with E-state index in [0.29, 0.717) is 11.3 Å². The van der Waals surface area contributed by atoms with Crippen LogP contribution in [0.4, 0.5) is 0 Å². The fourth-order valence-electron chi connectivity index (χ4n) is 8.70. The molecule has 5 aromatic carbocycles. The molecule has 0 aliphatic heterocycles. The van der Waals surface area contributed by atoms with E-state index in [-0.39, 0.29) is 31.1 Å². The molecule has 0 bridgehead atoms. The molecule has 307 valence electrons. The summed E-state index contributed by atoms with van der Waals surface area (Å²) in [6, 6.07) is 46.9. The van der Waals surface area contributed by atoms with Crippen LogP contribution in [-0.4, -0.2) is 18.0 Å². The molecule has 5 heteroatoms. The Kier molecular flexibility index (Phi) is 11.4. The van der Waals surface area contributed by atoms with Crippen LogP contribution in [0.2, 0.25) is 19.6 Å². The minimum Gasteiger partial charge on any atom is -0.501 e. The number of rotatable bonds is 8. The number of aromatic nitrogens is 2. The summed E-state index contributed by atoms with van der Waals surface area (Å²) in [5.74, 6) is -0.0242. The van der Waals surface area contributed by atoms with Gasteiger partial charge in [-0.05, 0) is 81.0 Å². The first-order valence-electron chi connectivity index (χ1n) is 22.9. The minimum atomic E-state index is -2.23. The maximum absolute atomic E-state index is 8.66. The Morgan fingerprint density at radius 1 is 0.783 bits per heavy atom. The van der Waals surface area contributed by atoms with Crippen molar-refractivity contribution in [2.45, 2.75) is 91.2 Å². The van der Waals surface area contributed by atoms with Crippen molar-refractivity contribution in [1.29, 1.82) is 0 Å². The van der Waals surface area contributed by atoms with Gasteiger partial charge in [0.05, 0.1) is 13.7 Å². The summed E-state index contributed by atoms with van der Waals surface area (Å²) in [5.41, 5.74) is 11.7. The average molecular weight is 985 g/mol. The molecule has 60 heavy (non-hydrogen) atoms. The van der Waals surface area contributed by atoms with Crippen LogP contribution >= 0.6 is 0 Å². The normalized spacial score (nSPS) is 14.7. The van der Waals surface area contributed by atoms with Gasteiger partial charge in [-0.2, -0.15) is 0 Å². The number of pyridine rings is 2. The zero-order valence-corrected chi connectivity index (χ0v) is 39.1. The molecule has 3 nitrogen and oxygen atoms in total. The molecule has 9 rings (SSSR count). The van der Waals surface area contributed by atoms with Crippen LogP contribution in [0.25, 0.3) is 66.7 Å². The summed E-state index contributed by atoms with van der Waals surface area (Å²) in [7, 11) is -1.68. The van der Waals surface area contributed by atoms with E-state index in [2.05, 4.69) is 106 Å². The molecule has 1 fully saturated rings. The Morgan fingerprint density at radius 3 is 2.18 bits per heavy atom. The summed E-state index contributed by atoms with van der Waals surface area (Å²) >= 11 is 0. The molecule has 0 spiro atoms. The van der Waals surface area contributed by atoms with E-state index in [1.165, 1.54) is 42.0 Å². The summed E-state index contributed by atoms with van der Waals surface area (Å²) in [4.78, 5) is 9.44. The van der Waals surface area contributed by atoms with Crippen molar-refractivity contribution in [3.05, 3.63) is 163 Å². The van der Waals surface area contributed by atoms with E-state index in [0.717, 1.165) is 61.4 Å². The molecule has 8 aromatic rings. The van der Waals surface area contributed by atoms with Crippen molar-refractivity contribution in [3.8, 4) is 44.8 Å². The number of fused-ring (bicyclic) bond motifs is 3. The van der Waals surface area contributed by atoms with Gasteiger partial charge < -0.3 is 14.4 Å². The largest absolute Gasteiger partial charge is 0.501 e. The Morgan fingerprint density at radius 2 is 1.50 bits per heavy atom. The van der Waals surface area contributed by atoms with Gasteiger partial charge >= 0.3 is 0 Å². The predicted octanol–water partition coefficient (Wildman–Crippen LogP) is 14.8. The van der Waals surface area contributed by atoms with E-state index >= 15 is 0 Å². The summed E-state index contributed by atoms with van der Waals surface area (Å²) in [6.07, 6.45) is 9.19. The third kappa shape index (κ3) is 8.91. The van der Waals surface area contributed by atoms with Gasteiger partial charge in [0.1, 0.15) is 5.58 Å². The molecule has 1 saturated carbocycles. The number of hydrogen-bond donors (Lipinski definition) is 0. The van der Waals surface area contributed by atoms with Crippen LogP contribution in [0, 0.1) is 24.9 Å². The van der Waals surface area contributed by atoms with Gasteiger partial charge in [0.15, 0.2) is 0 Å². The fraction of sp³-hybridized carbons (Fsp3) is 0.273. The summed E-state index contributed by atoms with van der Waals surface area (Å²) in [5, 5.41) is 3.41. The molecule has 0 N–H and O–H groups in total. The Labute approximate surface area is 377 Å². The quantitative estimate of drug-likeness (QED) is 0.112. The van der Waals surface area contributed by atoms with Crippen molar-refractivity contribution < 1.29 is 30.0 Å². The SMILES string of the molecule is CC(C)(c1ccnc(-c2[c-]ccc3c2oc2cc(-c4ccccc4)ccc23)c1)C1CCCC1.[2H]C([2H])([2H])c1c[c-]c(-c2cc(C([2H])(C)C)c([Si](C)(C)C)cn2)cc1-c1ccccc1.[Ir]. The maximum atomic E-state index is 8.66. The van der Waals surface area contributed by atoms with E-state index in [9.17, 15) is 0 Å². The molecule has 1 aliphatic carbocycles. The number of nitrogens with zero attached hydrogens (tertiary/aromatic N) is 2. The van der Waals surface area contributed by atoms with Gasteiger partial charge in [-0.3, -0.25) is 0 Å². The molecule has 0 atom stereocenters.